The van der Waals surface area contributed by atoms with Crippen LogP contribution in [0.4, 0.5) is 0 Å². The first-order valence-corrected chi connectivity index (χ1v) is 5.09. The molecule has 4 nitrogen and oxygen atoms in total. The second-order valence-corrected chi connectivity index (χ2v) is 3.41. The van der Waals surface area contributed by atoms with Crippen molar-refractivity contribution in [2.45, 2.75) is 13.0 Å². The van der Waals surface area contributed by atoms with Crippen LogP contribution < -0.4 is 14.8 Å². The number of aliphatic hydroxyl groups excluding tert-OH is 1. The Morgan fingerprint density at radius 3 is 2.93 bits per heavy atom. The van der Waals surface area contributed by atoms with Crippen molar-refractivity contribution in [3.8, 4) is 11.5 Å². The number of nitrogens with one attached hydrogen (secondary N) is 1. The summed E-state index contributed by atoms with van der Waals surface area (Å²) in [6.45, 7) is 3.19. The van der Waals surface area contributed by atoms with Crippen molar-refractivity contribution in [2.75, 3.05) is 19.9 Å². The van der Waals surface area contributed by atoms with Gasteiger partial charge in [0.25, 0.3) is 0 Å². The second kappa shape index (κ2) is 4.51. The summed E-state index contributed by atoms with van der Waals surface area (Å²) in [5.41, 5.74) is 1.02. The van der Waals surface area contributed by atoms with Gasteiger partial charge in [-0.3, -0.25) is 0 Å². The smallest absolute Gasteiger partial charge is 0.231 e. The van der Waals surface area contributed by atoms with Gasteiger partial charge >= 0.3 is 0 Å². The van der Waals surface area contributed by atoms with Crippen LogP contribution in [0.3, 0.4) is 0 Å². The quantitative estimate of drug-likeness (QED) is 0.778. The van der Waals surface area contributed by atoms with E-state index < -0.39 is 0 Å². The highest BCUT2D eigenvalue weighted by atomic mass is 16.7. The van der Waals surface area contributed by atoms with E-state index in [0.717, 1.165) is 23.6 Å². The molecule has 0 spiro atoms. The Labute approximate surface area is 88.8 Å². The first kappa shape index (κ1) is 10.3. The second-order valence-electron chi connectivity index (χ2n) is 3.41. The van der Waals surface area contributed by atoms with E-state index in [-0.39, 0.29) is 19.4 Å². The first-order valence-electron chi connectivity index (χ1n) is 5.09. The number of ether oxygens (including phenoxy) is 2. The van der Waals surface area contributed by atoms with Gasteiger partial charge in [0.1, 0.15) is 0 Å². The molecule has 1 aromatic carbocycles. The summed E-state index contributed by atoms with van der Waals surface area (Å²) in [5, 5.41) is 12.4. The van der Waals surface area contributed by atoms with Crippen LogP contribution in [-0.4, -0.2) is 25.1 Å². The zero-order valence-corrected chi connectivity index (χ0v) is 8.69. The van der Waals surface area contributed by atoms with Crippen LogP contribution in [0.5, 0.6) is 11.5 Å². The lowest BCUT2D eigenvalue weighted by atomic mass is 10.1. The van der Waals surface area contributed by atoms with Crippen LogP contribution >= 0.6 is 0 Å². The lowest BCUT2D eigenvalue weighted by molar-refractivity contribution is 0.174. The predicted molar refractivity (Wildman–Crippen MR) is 56.1 cm³/mol. The van der Waals surface area contributed by atoms with Gasteiger partial charge in [0.05, 0.1) is 12.6 Å². The summed E-state index contributed by atoms with van der Waals surface area (Å²) in [6.07, 6.45) is 0. The summed E-state index contributed by atoms with van der Waals surface area (Å²) < 4.78 is 10.5. The van der Waals surface area contributed by atoms with Crippen molar-refractivity contribution < 1.29 is 14.6 Å². The van der Waals surface area contributed by atoms with Gasteiger partial charge in [0.15, 0.2) is 11.5 Å². The number of aliphatic hydroxyl groups is 1. The van der Waals surface area contributed by atoms with Gasteiger partial charge in [-0.2, -0.15) is 0 Å². The van der Waals surface area contributed by atoms with E-state index in [4.69, 9.17) is 9.47 Å². The summed E-state index contributed by atoms with van der Waals surface area (Å²) in [4.78, 5) is 0. The maximum atomic E-state index is 9.22. The van der Waals surface area contributed by atoms with E-state index in [1.807, 2.05) is 25.1 Å². The molecule has 1 atom stereocenters. The lowest BCUT2D eigenvalue weighted by Gasteiger charge is -2.15. The topological polar surface area (TPSA) is 50.7 Å². The highest BCUT2D eigenvalue weighted by molar-refractivity contribution is 5.45. The van der Waals surface area contributed by atoms with E-state index >= 15 is 0 Å². The molecule has 0 aliphatic carbocycles. The van der Waals surface area contributed by atoms with E-state index in [9.17, 15) is 5.11 Å². The fraction of sp³-hybridized carbons (Fsp3) is 0.455. The molecule has 1 aliphatic rings. The molecular weight excluding hydrogens is 194 g/mol. The molecule has 0 fully saturated rings. The SMILES string of the molecule is CCNC(CO)c1ccc2c(c1)OCO2. The Bertz CT molecular complexity index is 341. The Balaban J connectivity index is 2.20. The fourth-order valence-corrected chi connectivity index (χ4v) is 1.66. The molecule has 1 heterocycles. The van der Waals surface area contributed by atoms with Gasteiger partial charge in [-0.05, 0) is 24.2 Å². The molecule has 2 N–H and O–H groups in total. The Kier molecular flexibility index (Phi) is 3.08. The van der Waals surface area contributed by atoms with E-state index in [1.54, 1.807) is 0 Å². The standard InChI is InChI=1S/C11H15NO3/c1-2-12-9(6-13)8-3-4-10-11(5-8)15-7-14-10/h3-5,9,12-13H,2,6-7H2,1H3. The van der Waals surface area contributed by atoms with Gasteiger partial charge < -0.3 is 19.9 Å². The number of benzene rings is 1. The molecule has 1 unspecified atom stereocenters. The van der Waals surface area contributed by atoms with E-state index in [1.165, 1.54) is 0 Å². The molecular formula is C11H15NO3. The Hall–Kier alpha value is -1.26. The number of rotatable bonds is 4. The van der Waals surface area contributed by atoms with Gasteiger partial charge in [0, 0.05) is 0 Å². The molecule has 0 saturated carbocycles. The average molecular weight is 209 g/mol. The molecule has 0 aromatic heterocycles. The van der Waals surface area contributed by atoms with Crippen molar-refractivity contribution in [1.29, 1.82) is 0 Å². The Morgan fingerprint density at radius 1 is 1.40 bits per heavy atom. The highest BCUT2D eigenvalue weighted by Gasteiger charge is 2.16. The molecule has 0 bridgehead atoms. The third-order valence-electron chi connectivity index (χ3n) is 2.43. The molecule has 0 radical (unpaired) electrons. The molecule has 0 saturated heterocycles. The van der Waals surface area contributed by atoms with Crippen molar-refractivity contribution in [2.24, 2.45) is 0 Å². The van der Waals surface area contributed by atoms with Gasteiger partial charge in [0.2, 0.25) is 6.79 Å². The van der Waals surface area contributed by atoms with E-state index in [0.29, 0.717) is 0 Å². The third kappa shape index (κ3) is 2.06. The van der Waals surface area contributed by atoms with Crippen molar-refractivity contribution in [3.05, 3.63) is 23.8 Å². The minimum Gasteiger partial charge on any atom is -0.454 e. The molecule has 15 heavy (non-hydrogen) atoms. The molecule has 1 aliphatic heterocycles. The van der Waals surface area contributed by atoms with Crippen LogP contribution in [0, 0.1) is 0 Å². The Morgan fingerprint density at radius 2 is 2.20 bits per heavy atom. The highest BCUT2D eigenvalue weighted by Crippen LogP contribution is 2.34. The van der Waals surface area contributed by atoms with Gasteiger partial charge in [-0.25, -0.2) is 0 Å². The first-order chi connectivity index (χ1) is 7.35. The minimum absolute atomic E-state index is 0.0375. The summed E-state index contributed by atoms with van der Waals surface area (Å²) in [5.74, 6) is 1.52. The molecule has 2 rings (SSSR count). The van der Waals surface area contributed by atoms with Crippen LogP contribution in [0.15, 0.2) is 18.2 Å². The zero-order chi connectivity index (χ0) is 10.7. The molecule has 82 valence electrons. The zero-order valence-electron chi connectivity index (χ0n) is 8.69. The monoisotopic (exact) mass is 209 g/mol. The van der Waals surface area contributed by atoms with Crippen LogP contribution in [0.2, 0.25) is 0 Å². The van der Waals surface area contributed by atoms with E-state index in [2.05, 4.69) is 5.32 Å². The maximum absolute atomic E-state index is 9.22. The summed E-state index contributed by atoms with van der Waals surface area (Å²) >= 11 is 0. The fourth-order valence-electron chi connectivity index (χ4n) is 1.66. The number of likely N-dealkylation sites (N-methyl/N-ethyl adjacent to an activating group) is 1. The lowest BCUT2D eigenvalue weighted by Crippen LogP contribution is -2.23. The predicted octanol–water partition coefficient (Wildman–Crippen LogP) is 1.06. The number of hydrogen-bond acceptors (Lipinski definition) is 4. The van der Waals surface area contributed by atoms with Crippen LogP contribution in [0.25, 0.3) is 0 Å². The van der Waals surface area contributed by atoms with Crippen molar-refractivity contribution in [3.63, 3.8) is 0 Å². The van der Waals surface area contributed by atoms with Crippen molar-refractivity contribution >= 4 is 0 Å². The van der Waals surface area contributed by atoms with Crippen LogP contribution in [-0.2, 0) is 0 Å². The van der Waals surface area contributed by atoms with Gasteiger partial charge in [-0.15, -0.1) is 0 Å². The average Bonchev–Trinajstić information content (AvgIpc) is 2.72. The summed E-state index contributed by atoms with van der Waals surface area (Å²) in [6, 6.07) is 5.69. The minimum atomic E-state index is -0.0375. The molecule has 4 heteroatoms. The maximum Gasteiger partial charge on any atom is 0.231 e. The number of hydrogen-bond donors (Lipinski definition) is 2. The van der Waals surface area contributed by atoms with Crippen molar-refractivity contribution in [1.82, 2.24) is 5.32 Å². The largest absolute Gasteiger partial charge is 0.454 e. The third-order valence-corrected chi connectivity index (χ3v) is 2.43. The van der Waals surface area contributed by atoms with Crippen LogP contribution in [0.1, 0.15) is 18.5 Å². The normalized spacial score (nSPS) is 15.3. The number of fused-ring (bicyclic) bond motifs is 1. The molecule has 0 amide bonds. The summed E-state index contributed by atoms with van der Waals surface area (Å²) in [7, 11) is 0. The van der Waals surface area contributed by atoms with Gasteiger partial charge in [-0.1, -0.05) is 13.0 Å². The molecule has 1 aromatic rings.